The number of carbonyl (C=O) groups excluding carboxylic acids is 3. The third kappa shape index (κ3) is 94.0. The maximum absolute atomic E-state index is 13.0. The first-order valence-corrected chi connectivity index (χ1v) is 51.1. The number of aliphatic hydroxyl groups excluding tert-OH is 2. The maximum Gasteiger partial charge on any atom is 0.472 e. The average molecular weight is 1710 g/mol. The van der Waals surface area contributed by atoms with Crippen LogP contribution in [0.2, 0.25) is 0 Å². The van der Waals surface area contributed by atoms with Crippen LogP contribution in [0.3, 0.4) is 0 Å². The molecule has 0 aromatic rings. The highest BCUT2D eigenvalue weighted by Crippen LogP contribution is 2.45. The minimum absolute atomic E-state index is 0.0755. The van der Waals surface area contributed by atoms with E-state index in [-0.39, 0.29) is 19.3 Å². The van der Waals surface area contributed by atoms with Gasteiger partial charge in [-0.05, 0) is 148 Å². The SMILES string of the molecule is CC/C=C\C/C=C\C/C=C\C/C=C\CCCCCCC(=O)OC(COC(=O)CCCCCCCCCCCCCCCCCCC/C=C\C/C=C\C/C=C\C/C=C\CCCCC)COP(=O)(O)OCC(O)COP(=O)(O)OCC(O)COC(=O)CCCCCCCCCCCCCCCCCCC/C=C\C/C=C\C/C=C\C/C=C\CCCCC. The fourth-order valence-corrected chi connectivity index (χ4v) is 14.8. The van der Waals surface area contributed by atoms with Crippen LogP contribution in [0.4, 0.5) is 0 Å². The molecule has 0 aliphatic carbocycles. The van der Waals surface area contributed by atoms with Crippen LogP contribution in [0.5, 0.6) is 0 Å². The van der Waals surface area contributed by atoms with Gasteiger partial charge in [-0.2, -0.15) is 0 Å². The van der Waals surface area contributed by atoms with E-state index in [2.05, 4.69) is 167 Å². The summed E-state index contributed by atoms with van der Waals surface area (Å²) < 4.78 is 61.5. The van der Waals surface area contributed by atoms with Crippen LogP contribution >= 0.6 is 15.6 Å². The Balaban J connectivity index is 4.47. The van der Waals surface area contributed by atoms with Crippen molar-refractivity contribution < 1.29 is 75.8 Å². The second-order valence-electron chi connectivity index (χ2n) is 32.1. The van der Waals surface area contributed by atoms with Gasteiger partial charge in [-0.1, -0.05) is 398 Å². The summed E-state index contributed by atoms with van der Waals surface area (Å²) in [5.41, 5.74) is 0. The lowest BCUT2D eigenvalue weighted by molar-refractivity contribution is -0.161. The number of allylic oxidation sites excluding steroid dienone is 24. The number of aliphatic hydroxyl groups is 2. The molecule has 0 amide bonds. The minimum Gasteiger partial charge on any atom is -0.463 e. The first-order valence-electron chi connectivity index (χ1n) is 48.1. The zero-order chi connectivity index (χ0) is 86.5. The molecule has 4 N–H and O–H groups in total. The fourth-order valence-electron chi connectivity index (χ4n) is 13.2. The van der Waals surface area contributed by atoms with Gasteiger partial charge in [0.2, 0.25) is 0 Å². The molecule has 0 heterocycles. The van der Waals surface area contributed by atoms with Crippen molar-refractivity contribution in [3.63, 3.8) is 0 Å². The van der Waals surface area contributed by atoms with Gasteiger partial charge in [-0.3, -0.25) is 32.5 Å². The van der Waals surface area contributed by atoms with Gasteiger partial charge in [-0.25, -0.2) is 9.13 Å². The molecule has 0 spiro atoms. The summed E-state index contributed by atoms with van der Waals surface area (Å²) in [5, 5.41) is 20.7. The molecule has 0 rings (SSSR count). The predicted octanol–water partition coefficient (Wildman–Crippen LogP) is 29.9. The first kappa shape index (κ1) is 114. The molecule has 18 heteroatoms. The van der Waals surface area contributed by atoms with Crippen molar-refractivity contribution in [3.8, 4) is 0 Å². The number of rotatable bonds is 91. The Labute approximate surface area is 728 Å². The van der Waals surface area contributed by atoms with Crippen molar-refractivity contribution in [2.45, 2.75) is 437 Å². The van der Waals surface area contributed by atoms with Crippen molar-refractivity contribution >= 4 is 33.6 Å². The average Bonchev–Trinajstić information content (AvgIpc) is 0.903. The van der Waals surface area contributed by atoms with Crippen molar-refractivity contribution in [1.82, 2.24) is 0 Å². The summed E-state index contributed by atoms with van der Waals surface area (Å²) in [6.45, 7) is 2.54. The van der Waals surface area contributed by atoms with Gasteiger partial charge in [-0.15, -0.1) is 0 Å². The van der Waals surface area contributed by atoms with E-state index < -0.39 is 91.5 Å². The Morgan fingerprint density at radius 3 is 0.706 bits per heavy atom. The third-order valence-corrected chi connectivity index (χ3v) is 22.4. The highest BCUT2D eigenvalue weighted by molar-refractivity contribution is 7.47. The van der Waals surface area contributed by atoms with Crippen LogP contribution in [0, 0.1) is 0 Å². The van der Waals surface area contributed by atoms with E-state index in [9.17, 15) is 43.5 Å². The number of carbonyl (C=O) groups is 3. The Hall–Kier alpha value is -4.57. The van der Waals surface area contributed by atoms with Gasteiger partial charge >= 0.3 is 33.6 Å². The molecule has 0 aromatic heterocycles. The molecule has 0 aromatic carbocycles. The minimum atomic E-state index is -4.95. The van der Waals surface area contributed by atoms with Gasteiger partial charge < -0.3 is 34.2 Å². The smallest absolute Gasteiger partial charge is 0.463 e. The van der Waals surface area contributed by atoms with E-state index in [4.69, 9.17) is 32.3 Å². The van der Waals surface area contributed by atoms with Crippen molar-refractivity contribution in [3.05, 3.63) is 146 Å². The number of phosphoric ester groups is 2. The number of hydrogen-bond acceptors (Lipinski definition) is 14. The molecular formula is C101H176O16P2. The second kappa shape index (κ2) is 92.6. The number of hydrogen-bond donors (Lipinski definition) is 4. The van der Waals surface area contributed by atoms with Crippen molar-refractivity contribution in [1.29, 1.82) is 0 Å². The monoisotopic (exact) mass is 1710 g/mol. The maximum atomic E-state index is 13.0. The lowest BCUT2D eigenvalue weighted by atomic mass is 10.0. The topological polar surface area (TPSA) is 231 Å². The van der Waals surface area contributed by atoms with Gasteiger partial charge in [0.15, 0.2) is 6.10 Å². The van der Waals surface area contributed by atoms with Gasteiger partial charge in [0.25, 0.3) is 0 Å². The molecule has 0 aliphatic rings. The van der Waals surface area contributed by atoms with E-state index in [1.807, 2.05) is 0 Å². The van der Waals surface area contributed by atoms with E-state index >= 15 is 0 Å². The molecule has 0 saturated carbocycles. The summed E-state index contributed by atoms with van der Waals surface area (Å²) in [4.78, 5) is 59.0. The molecule has 0 bridgehead atoms. The molecule has 16 nitrogen and oxygen atoms in total. The molecule has 0 aliphatic heterocycles. The molecule has 0 radical (unpaired) electrons. The van der Waals surface area contributed by atoms with E-state index in [1.54, 1.807) is 0 Å². The highest BCUT2D eigenvalue weighted by atomic mass is 31.2. The van der Waals surface area contributed by atoms with E-state index in [0.29, 0.717) is 19.3 Å². The van der Waals surface area contributed by atoms with Gasteiger partial charge in [0.1, 0.15) is 25.4 Å². The molecule has 5 unspecified atom stereocenters. The number of esters is 3. The van der Waals surface area contributed by atoms with E-state index in [1.165, 1.54) is 231 Å². The number of phosphoric acid groups is 2. The van der Waals surface area contributed by atoms with Crippen LogP contribution in [0.1, 0.15) is 419 Å². The number of unbranched alkanes of at least 4 members (excludes halogenated alkanes) is 44. The zero-order valence-corrected chi connectivity index (χ0v) is 77.5. The lowest BCUT2D eigenvalue weighted by Crippen LogP contribution is -2.30. The molecule has 686 valence electrons. The summed E-state index contributed by atoms with van der Waals surface area (Å²) in [7, 11) is -9.81. The molecular weight excluding hydrogens is 1530 g/mol. The fraction of sp³-hybridized carbons (Fsp3) is 0.733. The second-order valence-corrected chi connectivity index (χ2v) is 35.0. The Kier molecular flexibility index (Phi) is 89.1. The van der Waals surface area contributed by atoms with Crippen LogP contribution in [0.25, 0.3) is 0 Å². The summed E-state index contributed by atoms with van der Waals surface area (Å²) in [6, 6.07) is 0. The summed E-state index contributed by atoms with van der Waals surface area (Å²) in [5.74, 6) is -1.59. The quantitative estimate of drug-likeness (QED) is 0.0146. The number of ether oxygens (including phenoxy) is 3. The van der Waals surface area contributed by atoms with E-state index in [0.717, 1.165) is 128 Å². The van der Waals surface area contributed by atoms with Crippen molar-refractivity contribution in [2.75, 3.05) is 39.6 Å². The largest absolute Gasteiger partial charge is 0.472 e. The lowest BCUT2D eigenvalue weighted by Gasteiger charge is -2.21. The first-order chi connectivity index (χ1) is 58.2. The Bertz CT molecular complexity index is 2740. The molecule has 0 fully saturated rings. The molecule has 119 heavy (non-hydrogen) atoms. The Morgan fingerprint density at radius 2 is 0.445 bits per heavy atom. The van der Waals surface area contributed by atoms with Crippen molar-refractivity contribution in [2.24, 2.45) is 0 Å². The summed E-state index contributed by atoms with van der Waals surface area (Å²) in [6.07, 6.45) is 118. The standard InChI is InChI=1S/C101H176O16P2/c1-4-7-10-13-16-19-22-25-28-31-33-35-37-39-41-43-45-47-49-51-53-55-57-59-61-64-66-69-72-75-78-81-84-87-99(104)111-90-96(102)91-113-118(107,108)114-92-97(103)93-115-119(109,110)116-95-98(117-101(106)89-86-83-80-77-74-71-68-63-30-27-24-21-18-15-12-9-6-3)94-112-100(105)88-85-82-79-76-73-70-67-65-62-60-58-56-54-52-50-48-46-44-42-40-38-36-34-32-29-26-23-20-17-14-11-8-5-2/h9,12,16-21,25-30,33-36,39-42,68,71,96-98,102-103H,4-8,10-11,13-15,22-24,31-32,37-38,43-67,69-70,72-95H2,1-3H3,(H,107,108)(H,109,110)/b12-9-,19-16-,20-17-,21-18-,28-25-,29-26-,30-27-,35-33-,36-34-,41-39-,42-40-,71-68-. The zero-order valence-electron chi connectivity index (χ0n) is 75.8. The summed E-state index contributed by atoms with van der Waals surface area (Å²) >= 11 is 0. The normalized spacial score (nSPS) is 14.4. The predicted molar refractivity (Wildman–Crippen MR) is 500 cm³/mol. The van der Waals surface area contributed by atoms with Crippen LogP contribution < -0.4 is 0 Å². The molecule has 5 atom stereocenters. The van der Waals surface area contributed by atoms with Crippen LogP contribution in [-0.4, -0.2) is 95.9 Å². The van der Waals surface area contributed by atoms with Crippen LogP contribution in [-0.2, 0) is 55.8 Å². The van der Waals surface area contributed by atoms with Gasteiger partial charge in [0, 0.05) is 19.3 Å². The van der Waals surface area contributed by atoms with Crippen LogP contribution in [0.15, 0.2) is 146 Å². The third-order valence-electron chi connectivity index (χ3n) is 20.5. The highest BCUT2D eigenvalue weighted by Gasteiger charge is 2.30. The molecule has 0 saturated heterocycles. The van der Waals surface area contributed by atoms with Gasteiger partial charge in [0.05, 0.1) is 26.4 Å². The Morgan fingerprint density at radius 1 is 0.244 bits per heavy atom.